The molecule has 1 fully saturated rings. The average molecular weight is 415 g/mol. The Morgan fingerprint density at radius 3 is 2.89 bits per heavy atom. The maximum atomic E-state index is 4.39. The Labute approximate surface area is 143 Å². The molecule has 3 nitrogen and oxygen atoms in total. The smallest absolute Gasteiger partial charge is 0.193 e. The zero-order valence-corrected chi connectivity index (χ0v) is 16.1. The van der Waals surface area contributed by atoms with E-state index < -0.39 is 0 Å². The highest BCUT2D eigenvalue weighted by atomic mass is 127. The molecule has 1 N–H and O–H groups in total. The Bertz CT molecular complexity index is 296. The first-order valence-corrected chi connectivity index (χ1v) is 8.51. The molecule has 0 amide bonds. The van der Waals surface area contributed by atoms with Gasteiger partial charge in [0.2, 0.25) is 0 Å². The molecule has 0 aliphatic carbocycles. The van der Waals surface area contributed by atoms with Gasteiger partial charge in [0.25, 0.3) is 0 Å². The highest BCUT2D eigenvalue weighted by Crippen LogP contribution is 2.29. The summed E-state index contributed by atoms with van der Waals surface area (Å²) in [4.78, 5) is 6.76. The third kappa shape index (κ3) is 7.70. The molecular weight excluding hydrogens is 389 g/mol. The van der Waals surface area contributed by atoms with Crippen LogP contribution in [0.4, 0.5) is 0 Å². The molecule has 112 valence electrons. The second-order valence-electron chi connectivity index (χ2n) is 4.87. The van der Waals surface area contributed by atoms with E-state index >= 15 is 0 Å². The van der Waals surface area contributed by atoms with Crippen LogP contribution < -0.4 is 5.32 Å². The number of hydrogen-bond acceptors (Lipinski definition) is 3. The summed E-state index contributed by atoms with van der Waals surface area (Å²) in [5.74, 6) is 4.34. The number of nitrogens with zero attached hydrogens (tertiary/aromatic N) is 2. The zero-order chi connectivity index (χ0) is 13.4. The first-order valence-electron chi connectivity index (χ1n) is 6.37. The van der Waals surface area contributed by atoms with E-state index in [0.29, 0.717) is 4.75 Å². The number of hydrogen-bond donors (Lipinski definition) is 1. The molecule has 0 unspecified atom stereocenters. The van der Waals surface area contributed by atoms with Gasteiger partial charge in [-0.25, -0.2) is 0 Å². The average Bonchev–Trinajstić information content (AvgIpc) is 2.32. The highest BCUT2D eigenvalue weighted by Gasteiger charge is 2.28. The Morgan fingerprint density at radius 1 is 1.58 bits per heavy atom. The van der Waals surface area contributed by atoms with E-state index in [-0.39, 0.29) is 24.0 Å². The van der Waals surface area contributed by atoms with Gasteiger partial charge < -0.3 is 10.2 Å². The van der Waals surface area contributed by atoms with Crippen molar-refractivity contribution in [1.82, 2.24) is 10.2 Å². The second kappa shape index (κ2) is 10.2. The summed E-state index contributed by atoms with van der Waals surface area (Å²) in [6.45, 7) is 11.5. The minimum absolute atomic E-state index is 0. The van der Waals surface area contributed by atoms with Crippen molar-refractivity contribution in [3.63, 3.8) is 0 Å². The number of thioether (sulfide) groups is 2. The van der Waals surface area contributed by atoms with Crippen molar-refractivity contribution in [1.29, 1.82) is 0 Å². The lowest BCUT2D eigenvalue weighted by Gasteiger charge is -2.39. The number of aliphatic imine (C=N–C) groups is 1. The minimum atomic E-state index is 0. The van der Waals surface area contributed by atoms with Crippen LogP contribution in [0.2, 0.25) is 0 Å². The van der Waals surface area contributed by atoms with Crippen LogP contribution in [0.15, 0.2) is 17.6 Å². The summed E-state index contributed by atoms with van der Waals surface area (Å²) in [7, 11) is 1.87. The van der Waals surface area contributed by atoms with Crippen molar-refractivity contribution in [3.8, 4) is 0 Å². The predicted octanol–water partition coefficient (Wildman–Crippen LogP) is 2.93. The van der Waals surface area contributed by atoms with Crippen LogP contribution in [0.25, 0.3) is 0 Å². The molecule has 0 radical (unpaired) electrons. The Hall–Kier alpha value is 0.440. The number of halogens is 1. The van der Waals surface area contributed by atoms with Gasteiger partial charge in [-0.3, -0.25) is 4.99 Å². The van der Waals surface area contributed by atoms with E-state index in [2.05, 4.69) is 35.6 Å². The fourth-order valence-corrected chi connectivity index (χ4v) is 3.62. The summed E-state index contributed by atoms with van der Waals surface area (Å²) >= 11 is 3.94. The van der Waals surface area contributed by atoms with Crippen LogP contribution in [0.5, 0.6) is 0 Å². The van der Waals surface area contributed by atoms with Gasteiger partial charge in [0.15, 0.2) is 5.96 Å². The fourth-order valence-electron chi connectivity index (χ4n) is 1.93. The van der Waals surface area contributed by atoms with Crippen LogP contribution in [-0.2, 0) is 0 Å². The van der Waals surface area contributed by atoms with E-state index in [0.717, 1.165) is 37.1 Å². The maximum Gasteiger partial charge on any atom is 0.193 e. The highest BCUT2D eigenvalue weighted by molar-refractivity contribution is 14.0. The molecule has 1 heterocycles. The Kier molecular flexibility index (Phi) is 10.4. The van der Waals surface area contributed by atoms with Crippen LogP contribution >= 0.6 is 47.5 Å². The topological polar surface area (TPSA) is 27.6 Å². The lowest BCUT2D eigenvalue weighted by molar-refractivity contribution is 0.377. The summed E-state index contributed by atoms with van der Waals surface area (Å²) in [5, 5.41) is 3.45. The normalized spacial score (nSPS) is 18.7. The molecule has 1 aliphatic heterocycles. The third-order valence-corrected chi connectivity index (χ3v) is 4.96. The lowest BCUT2D eigenvalue weighted by atomic mass is 10.2. The van der Waals surface area contributed by atoms with E-state index in [4.69, 9.17) is 0 Å². The molecule has 6 heteroatoms. The summed E-state index contributed by atoms with van der Waals surface area (Å²) in [5.41, 5.74) is 0. The molecule has 0 bridgehead atoms. The standard InChI is InChI=1S/C13H25N3S2.HI/c1-5-8-17-9-6-15-12(14-4)16-7-10-18-13(2,3)11-16;/h5H,1,6-11H2,2-4H3,(H,14,15);1H. The molecule has 0 aromatic carbocycles. The van der Waals surface area contributed by atoms with Gasteiger partial charge in [-0.2, -0.15) is 23.5 Å². The number of nitrogens with one attached hydrogen (secondary N) is 1. The van der Waals surface area contributed by atoms with Crippen molar-refractivity contribution in [2.24, 2.45) is 4.99 Å². The monoisotopic (exact) mass is 415 g/mol. The van der Waals surface area contributed by atoms with Crippen molar-refractivity contribution in [2.75, 3.05) is 43.9 Å². The predicted molar refractivity (Wildman–Crippen MR) is 102 cm³/mol. The molecule has 0 aromatic rings. The second-order valence-corrected chi connectivity index (χ2v) is 7.82. The molecule has 1 aliphatic rings. The molecule has 19 heavy (non-hydrogen) atoms. The van der Waals surface area contributed by atoms with Gasteiger partial charge in [0.05, 0.1) is 0 Å². The van der Waals surface area contributed by atoms with Crippen molar-refractivity contribution in [2.45, 2.75) is 18.6 Å². The first kappa shape index (κ1) is 19.4. The quantitative estimate of drug-likeness (QED) is 0.246. The SMILES string of the molecule is C=CCSCCNC(=NC)N1CCSC(C)(C)C1.I. The van der Waals surface area contributed by atoms with Gasteiger partial charge in [0, 0.05) is 48.7 Å². The minimum Gasteiger partial charge on any atom is -0.355 e. The van der Waals surface area contributed by atoms with E-state index in [1.54, 1.807) is 0 Å². The van der Waals surface area contributed by atoms with Gasteiger partial charge in [-0.05, 0) is 13.8 Å². The van der Waals surface area contributed by atoms with Gasteiger partial charge >= 0.3 is 0 Å². The van der Waals surface area contributed by atoms with Gasteiger partial charge in [-0.15, -0.1) is 30.6 Å². The van der Waals surface area contributed by atoms with Crippen molar-refractivity contribution < 1.29 is 0 Å². The fraction of sp³-hybridized carbons (Fsp3) is 0.769. The number of rotatable bonds is 5. The number of guanidine groups is 1. The van der Waals surface area contributed by atoms with Crippen LogP contribution in [-0.4, -0.2) is 59.5 Å². The molecule has 0 atom stereocenters. The largest absolute Gasteiger partial charge is 0.355 e. The summed E-state index contributed by atoms with van der Waals surface area (Å²) in [6, 6.07) is 0. The Morgan fingerprint density at radius 2 is 2.32 bits per heavy atom. The van der Waals surface area contributed by atoms with Crippen molar-refractivity contribution >= 4 is 53.5 Å². The molecule has 0 saturated carbocycles. The van der Waals surface area contributed by atoms with Crippen LogP contribution in [0.3, 0.4) is 0 Å². The van der Waals surface area contributed by atoms with E-state index in [9.17, 15) is 0 Å². The molecule has 1 rings (SSSR count). The molecular formula is C13H26IN3S2. The van der Waals surface area contributed by atoms with E-state index in [1.807, 2.05) is 36.6 Å². The summed E-state index contributed by atoms with van der Waals surface area (Å²) in [6.07, 6.45) is 1.95. The molecule has 1 saturated heterocycles. The first-order chi connectivity index (χ1) is 8.59. The van der Waals surface area contributed by atoms with Crippen LogP contribution in [0, 0.1) is 0 Å². The van der Waals surface area contributed by atoms with E-state index in [1.165, 1.54) is 5.75 Å². The molecule has 0 aromatic heterocycles. The Balaban J connectivity index is 0.00000324. The van der Waals surface area contributed by atoms with Crippen LogP contribution in [0.1, 0.15) is 13.8 Å². The maximum absolute atomic E-state index is 4.39. The molecule has 0 spiro atoms. The van der Waals surface area contributed by atoms with Gasteiger partial charge in [0.1, 0.15) is 0 Å². The zero-order valence-electron chi connectivity index (χ0n) is 12.1. The lowest BCUT2D eigenvalue weighted by Crippen LogP contribution is -2.51. The van der Waals surface area contributed by atoms with Crippen molar-refractivity contribution in [3.05, 3.63) is 12.7 Å². The third-order valence-electron chi connectivity index (χ3n) is 2.70. The van der Waals surface area contributed by atoms with Gasteiger partial charge in [-0.1, -0.05) is 6.08 Å². The summed E-state index contributed by atoms with van der Waals surface area (Å²) < 4.78 is 0.327.